The first-order chi connectivity index (χ1) is 9.27. The molecule has 1 unspecified atom stereocenters. The standard InChI is InChI=1S/C15H24O2S2/c1-3-13(2)15(18-11-6-12-19-15)8-10-17-14-7-4-5-9-16-14/h1,13-14H,4-12H2,2H3/t13-,14?/m1/s1. The molecule has 2 aliphatic rings. The summed E-state index contributed by atoms with van der Waals surface area (Å²) in [5.41, 5.74) is 0. The van der Waals surface area contributed by atoms with Gasteiger partial charge in [-0.3, -0.25) is 0 Å². The van der Waals surface area contributed by atoms with Crippen molar-refractivity contribution in [3.05, 3.63) is 0 Å². The minimum absolute atomic E-state index is 0.0190. The second kappa shape index (κ2) is 7.83. The molecule has 2 aliphatic heterocycles. The van der Waals surface area contributed by atoms with Crippen molar-refractivity contribution in [3.63, 3.8) is 0 Å². The Labute approximate surface area is 125 Å². The Hall–Kier alpha value is 0.180. The highest BCUT2D eigenvalue weighted by molar-refractivity contribution is 8.18. The van der Waals surface area contributed by atoms with Gasteiger partial charge in [0.05, 0.1) is 10.7 Å². The van der Waals surface area contributed by atoms with Gasteiger partial charge in [-0.25, -0.2) is 0 Å². The van der Waals surface area contributed by atoms with Gasteiger partial charge < -0.3 is 9.47 Å². The smallest absolute Gasteiger partial charge is 0.157 e. The first-order valence-electron chi connectivity index (χ1n) is 7.24. The fraction of sp³-hybridized carbons (Fsp3) is 0.867. The van der Waals surface area contributed by atoms with Crippen LogP contribution in [0.1, 0.15) is 39.0 Å². The molecule has 0 aromatic rings. The SMILES string of the molecule is C#C[C@@H](C)C1(CCOC2CCCCO2)SCCCS1. The third kappa shape index (κ3) is 4.32. The molecule has 0 spiro atoms. The Morgan fingerprint density at radius 3 is 2.79 bits per heavy atom. The van der Waals surface area contributed by atoms with Crippen LogP contribution in [0.25, 0.3) is 0 Å². The summed E-state index contributed by atoms with van der Waals surface area (Å²) in [6, 6.07) is 0. The van der Waals surface area contributed by atoms with Crippen LogP contribution >= 0.6 is 23.5 Å². The van der Waals surface area contributed by atoms with Crippen LogP contribution in [0, 0.1) is 18.3 Å². The lowest BCUT2D eigenvalue weighted by Crippen LogP contribution is -2.34. The molecular formula is C15H24O2S2. The molecule has 0 aromatic heterocycles. The Morgan fingerprint density at radius 2 is 2.16 bits per heavy atom. The van der Waals surface area contributed by atoms with Gasteiger partial charge in [-0.15, -0.1) is 35.9 Å². The van der Waals surface area contributed by atoms with E-state index in [1.54, 1.807) is 0 Å². The quantitative estimate of drug-likeness (QED) is 0.719. The van der Waals surface area contributed by atoms with Gasteiger partial charge in [-0.1, -0.05) is 0 Å². The van der Waals surface area contributed by atoms with E-state index in [-0.39, 0.29) is 10.4 Å². The van der Waals surface area contributed by atoms with E-state index in [2.05, 4.69) is 12.8 Å². The number of terminal acetylenes is 1. The Kier molecular flexibility index (Phi) is 6.41. The molecule has 4 heteroatoms. The van der Waals surface area contributed by atoms with E-state index in [0.29, 0.717) is 5.92 Å². The van der Waals surface area contributed by atoms with Gasteiger partial charge >= 0.3 is 0 Å². The van der Waals surface area contributed by atoms with E-state index in [9.17, 15) is 0 Å². The topological polar surface area (TPSA) is 18.5 Å². The van der Waals surface area contributed by atoms with Crippen LogP contribution in [-0.4, -0.2) is 35.1 Å². The van der Waals surface area contributed by atoms with Crippen molar-refractivity contribution in [2.75, 3.05) is 24.7 Å². The highest BCUT2D eigenvalue weighted by Crippen LogP contribution is 2.49. The molecule has 2 heterocycles. The largest absolute Gasteiger partial charge is 0.353 e. The minimum atomic E-state index is 0.0190. The van der Waals surface area contributed by atoms with Gasteiger partial charge in [0.2, 0.25) is 0 Å². The van der Waals surface area contributed by atoms with Gasteiger partial charge in [-0.2, -0.15) is 0 Å². The van der Waals surface area contributed by atoms with Crippen molar-refractivity contribution in [1.82, 2.24) is 0 Å². The van der Waals surface area contributed by atoms with E-state index >= 15 is 0 Å². The van der Waals surface area contributed by atoms with E-state index in [4.69, 9.17) is 15.9 Å². The molecule has 19 heavy (non-hydrogen) atoms. The first-order valence-corrected chi connectivity index (χ1v) is 9.21. The zero-order valence-corrected chi connectivity index (χ0v) is 13.4. The second-order valence-electron chi connectivity index (χ2n) is 5.17. The fourth-order valence-electron chi connectivity index (χ4n) is 2.50. The Morgan fingerprint density at radius 1 is 1.37 bits per heavy atom. The van der Waals surface area contributed by atoms with Crippen molar-refractivity contribution < 1.29 is 9.47 Å². The van der Waals surface area contributed by atoms with Crippen molar-refractivity contribution >= 4 is 23.5 Å². The molecule has 0 aliphatic carbocycles. The lowest BCUT2D eigenvalue weighted by atomic mass is 10.1. The van der Waals surface area contributed by atoms with Crippen LogP contribution < -0.4 is 0 Å². The zero-order valence-electron chi connectivity index (χ0n) is 11.7. The maximum absolute atomic E-state index is 5.89. The number of rotatable bonds is 5. The van der Waals surface area contributed by atoms with Crippen molar-refractivity contribution in [3.8, 4) is 12.3 Å². The molecule has 2 fully saturated rings. The van der Waals surface area contributed by atoms with Crippen LogP contribution in [0.4, 0.5) is 0 Å². The molecule has 0 radical (unpaired) electrons. The molecule has 0 amide bonds. The molecule has 2 saturated heterocycles. The third-order valence-electron chi connectivity index (χ3n) is 3.78. The van der Waals surface area contributed by atoms with E-state index < -0.39 is 0 Å². The minimum Gasteiger partial charge on any atom is -0.353 e. The van der Waals surface area contributed by atoms with Gasteiger partial charge in [0.25, 0.3) is 0 Å². The Bertz CT molecular complexity index is 302. The van der Waals surface area contributed by atoms with Crippen molar-refractivity contribution in [1.29, 1.82) is 0 Å². The predicted octanol–water partition coefficient (Wildman–Crippen LogP) is 3.76. The van der Waals surface area contributed by atoms with E-state index in [1.807, 2.05) is 23.5 Å². The number of ether oxygens (including phenoxy) is 2. The van der Waals surface area contributed by atoms with Crippen LogP contribution in [0.15, 0.2) is 0 Å². The number of hydrogen-bond acceptors (Lipinski definition) is 4. The highest BCUT2D eigenvalue weighted by Gasteiger charge is 2.38. The predicted molar refractivity (Wildman–Crippen MR) is 84.4 cm³/mol. The number of thioether (sulfide) groups is 2. The van der Waals surface area contributed by atoms with Gasteiger partial charge in [0.15, 0.2) is 6.29 Å². The summed E-state index contributed by atoms with van der Waals surface area (Å²) in [5.74, 6) is 5.67. The lowest BCUT2D eigenvalue weighted by molar-refractivity contribution is -0.163. The van der Waals surface area contributed by atoms with E-state index in [1.165, 1.54) is 30.8 Å². The van der Waals surface area contributed by atoms with Crippen LogP contribution in [-0.2, 0) is 9.47 Å². The molecule has 2 rings (SSSR count). The lowest BCUT2D eigenvalue weighted by Gasteiger charge is -2.39. The van der Waals surface area contributed by atoms with E-state index in [0.717, 1.165) is 26.1 Å². The second-order valence-corrected chi connectivity index (χ2v) is 8.28. The average Bonchev–Trinajstić information content (AvgIpc) is 2.48. The number of hydrogen-bond donors (Lipinski definition) is 0. The van der Waals surface area contributed by atoms with Crippen molar-refractivity contribution in [2.24, 2.45) is 5.92 Å². The summed E-state index contributed by atoms with van der Waals surface area (Å²) in [5, 5.41) is 0. The Balaban J connectivity index is 1.81. The summed E-state index contributed by atoms with van der Waals surface area (Å²) in [7, 11) is 0. The first kappa shape index (κ1) is 15.6. The molecule has 0 aromatic carbocycles. The summed E-state index contributed by atoms with van der Waals surface area (Å²) < 4.78 is 11.7. The van der Waals surface area contributed by atoms with Crippen molar-refractivity contribution in [2.45, 2.75) is 49.4 Å². The zero-order chi connectivity index (χ0) is 13.6. The monoisotopic (exact) mass is 300 g/mol. The molecule has 0 N–H and O–H groups in total. The van der Waals surface area contributed by atoms with Crippen LogP contribution in [0.5, 0.6) is 0 Å². The molecule has 0 saturated carbocycles. The summed E-state index contributed by atoms with van der Waals surface area (Å²) in [6.07, 6.45) is 11.4. The van der Waals surface area contributed by atoms with Crippen LogP contribution in [0.3, 0.4) is 0 Å². The summed E-state index contributed by atoms with van der Waals surface area (Å²) >= 11 is 4.06. The maximum atomic E-state index is 5.89. The summed E-state index contributed by atoms with van der Waals surface area (Å²) in [4.78, 5) is 0. The van der Waals surface area contributed by atoms with Gasteiger partial charge in [-0.05, 0) is 50.5 Å². The molecule has 108 valence electrons. The fourth-order valence-corrected chi connectivity index (χ4v) is 5.88. The highest BCUT2D eigenvalue weighted by atomic mass is 32.2. The molecule has 0 bridgehead atoms. The maximum Gasteiger partial charge on any atom is 0.157 e. The van der Waals surface area contributed by atoms with Gasteiger partial charge in [0, 0.05) is 12.5 Å². The van der Waals surface area contributed by atoms with Gasteiger partial charge in [0.1, 0.15) is 0 Å². The van der Waals surface area contributed by atoms with Crippen LogP contribution in [0.2, 0.25) is 0 Å². The molecular weight excluding hydrogens is 276 g/mol. The third-order valence-corrected chi connectivity index (χ3v) is 7.57. The normalized spacial score (nSPS) is 28.5. The molecule has 2 nitrogen and oxygen atoms in total. The average molecular weight is 300 g/mol. The molecule has 2 atom stereocenters. The summed E-state index contributed by atoms with van der Waals surface area (Å²) in [6.45, 7) is 3.78.